The first-order valence-corrected chi connectivity index (χ1v) is 9.16. The average Bonchev–Trinajstić information content (AvgIpc) is 3.18. The van der Waals surface area contributed by atoms with E-state index >= 15 is 0 Å². The number of likely N-dealkylation sites (N-methyl/N-ethyl adjacent to an activating group) is 1. The third-order valence-corrected chi connectivity index (χ3v) is 5.58. The maximum atomic E-state index is 12.8. The number of thiophene rings is 1. The Balaban J connectivity index is 1.71. The van der Waals surface area contributed by atoms with Crippen LogP contribution < -0.4 is 4.90 Å². The third-order valence-electron chi connectivity index (χ3n) is 4.48. The number of anilines is 1. The van der Waals surface area contributed by atoms with Crippen LogP contribution in [0.4, 0.5) is 5.69 Å². The molecule has 1 fully saturated rings. The Kier molecular flexibility index (Phi) is 5.13. The monoisotopic (exact) mass is 328 g/mol. The van der Waals surface area contributed by atoms with Crippen molar-refractivity contribution in [2.24, 2.45) is 0 Å². The summed E-state index contributed by atoms with van der Waals surface area (Å²) in [5, 5.41) is 0. The van der Waals surface area contributed by atoms with Gasteiger partial charge in [0.1, 0.15) is 0 Å². The zero-order chi connectivity index (χ0) is 16.2. The normalized spacial score (nSPS) is 18.3. The third kappa shape index (κ3) is 3.65. The summed E-state index contributed by atoms with van der Waals surface area (Å²) in [7, 11) is 0. The van der Waals surface area contributed by atoms with E-state index in [2.05, 4.69) is 24.0 Å². The fourth-order valence-electron chi connectivity index (χ4n) is 3.34. The maximum Gasteiger partial charge on any atom is 0.241 e. The van der Waals surface area contributed by atoms with Gasteiger partial charge in [0, 0.05) is 28.0 Å². The topological polar surface area (TPSA) is 23.6 Å². The van der Waals surface area contributed by atoms with Crippen molar-refractivity contribution >= 4 is 22.9 Å². The number of hydrogen-bond acceptors (Lipinski definition) is 3. The van der Waals surface area contributed by atoms with E-state index in [1.54, 1.807) is 0 Å². The highest BCUT2D eigenvalue weighted by atomic mass is 32.1. The first kappa shape index (κ1) is 16.2. The van der Waals surface area contributed by atoms with Crippen molar-refractivity contribution in [3.8, 4) is 0 Å². The van der Waals surface area contributed by atoms with Gasteiger partial charge >= 0.3 is 0 Å². The van der Waals surface area contributed by atoms with Gasteiger partial charge in [0.2, 0.25) is 5.91 Å². The van der Waals surface area contributed by atoms with E-state index in [4.69, 9.17) is 0 Å². The molecule has 1 amide bonds. The molecule has 3 rings (SSSR count). The van der Waals surface area contributed by atoms with E-state index < -0.39 is 0 Å². The van der Waals surface area contributed by atoms with Gasteiger partial charge in [-0.25, -0.2) is 0 Å². The van der Waals surface area contributed by atoms with Crippen LogP contribution in [0.25, 0.3) is 0 Å². The lowest BCUT2D eigenvalue weighted by atomic mass is 10.2. The second-order valence-electron chi connectivity index (χ2n) is 6.05. The largest absolute Gasteiger partial charge is 0.312 e. The summed E-state index contributed by atoms with van der Waals surface area (Å²) in [6, 6.07) is 14.8. The second kappa shape index (κ2) is 7.28. The van der Waals surface area contributed by atoms with Gasteiger partial charge in [0.05, 0.1) is 6.54 Å². The van der Waals surface area contributed by atoms with E-state index in [1.165, 1.54) is 16.2 Å². The molecule has 1 aromatic heterocycles. The number of hydrogen-bond donors (Lipinski definition) is 0. The molecule has 1 atom stereocenters. The van der Waals surface area contributed by atoms with Crippen molar-refractivity contribution in [2.45, 2.75) is 32.7 Å². The average molecular weight is 328 g/mol. The van der Waals surface area contributed by atoms with Crippen molar-refractivity contribution < 1.29 is 4.79 Å². The van der Waals surface area contributed by atoms with Crippen LogP contribution in [0.15, 0.2) is 42.5 Å². The smallest absolute Gasteiger partial charge is 0.241 e. The molecule has 0 bridgehead atoms. The van der Waals surface area contributed by atoms with Crippen LogP contribution in [0.1, 0.15) is 35.6 Å². The van der Waals surface area contributed by atoms with E-state index in [9.17, 15) is 4.79 Å². The van der Waals surface area contributed by atoms with Crippen LogP contribution in [0, 0.1) is 6.92 Å². The highest BCUT2D eigenvalue weighted by Gasteiger charge is 2.29. The standard InChI is InChI=1S/C19H24N2OS/c1-3-21(16-8-5-4-6-9-16)19(22)14-20-13-7-10-17(20)18-12-11-15(2)23-18/h4-6,8-9,11-12,17H,3,7,10,13-14H2,1-2H3. The summed E-state index contributed by atoms with van der Waals surface area (Å²) in [6.07, 6.45) is 2.33. The van der Waals surface area contributed by atoms with Gasteiger partial charge in [-0.15, -0.1) is 11.3 Å². The summed E-state index contributed by atoms with van der Waals surface area (Å²) in [5.41, 5.74) is 0.989. The Labute approximate surface area is 142 Å². The molecule has 1 aliphatic heterocycles. The number of nitrogens with zero attached hydrogens (tertiary/aromatic N) is 2. The number of para-hydroxylation sites is 1. The lowest BCUT2D eigenvalue weighted by Gasteiger charge is -2.27. The van der Waals surface area contributed by atoms with Crippen molar-refractivity contribution in [1.82, 2.24) is 4.90 Å². The zero-order valence-electron chi connectivity index (χ0n) is 13.9. The van der Waals surface area contributed by atoms with Crippen LogP contribution >= 0.6 is 11.3 Å². The molecule has 1 aromatic carbocycles. The summed E-state index contributed by atoms with van der Waals surface area (Å²) < 4.78 is 0. The van der Waals surface area contributed by atoms with Crippen molar-refractivity contribution in [3.63, 3.8) is 0 Å². The number of likely N-dealkylation sites (tertiary alicyclic amines) is 1. The SMILES string of the molecule is CCN(C(=O)CN1CCCC1c1ccc(C)s1)c1ccccc1. The molecular formula is C19H24N2OS. The minimum Gasteiger partial charge on any atom is -0.312 e. The fourth-order valence-corrected chi connectivity index (χ4v) is 4.39. The first-order chi connectivity index (χ1) is 11.2. The molecule has 1 unspecified atom stereocenters. The highest BCUT2D eigenvalue weighted by molar-refractivity contribution is 7.12. The maximum absolute atomic E-state index is 12.8. The first-order valence-electron chi connectivity index (χ1n) is 8.35. The molecule has 0 saturated carbocycles. The predicted octanol–water partition coefficient (Wildman–Crippen LogP) is 4.25. The molecule has 3 nitrogen and oxygen atoms in total. The Hall–Kier alpha value is -1.65. The van der Waals surface area contributed by atoms with Gasteiger partial charge in [-0.2, -0.15) is 0 Å². The minimum atomic E-state index is 0.193. The van der Waals surface area contributed by atoms with Gasteiger partial charge in [-0.05, 0) is 57.5 Å². The molecule has 122 valence electrons. The summed E-state index contributed by atoms with van der Waals surface area (Å²) in [6.45, 7) is 6.41. The van der Waals surface area contributed by atoms with Crippen molar-refractivity contribution in [1.29, 1.82) is 0 Å². The molecule has 2 aromatic rings. The number of amides is 1. The van der Waals surface area contributed by atoms with Crippen LogP contribution in [-0.2, 0) is 4.79 Å². The van der Waals surface area contributed by atoms with Crippen LogP contribution in [0.2, 0.25) is 0 Å². The molecule has 0 spiro atoms. The van der Waals surface area contributed by atoms with Crippen molar-refractivity contribution in [2.75, 3.05) is 24.5 Å². The Bertz CT molecular complexity index is 652. The van der Waals surface area contributed by atoms with Crippen LogP contribution in [0.5, 0.6) is 0 Å². The summed E-state index contributed by atoms with van der Waals surface area (Å²) in [4.78, 5) is 19.8. The number of rotatable bonds is 5. The number of carbonyl (C=O) groups excluding carboxylic acids is 1. The quantitative estimate of drug-likeness (QED) is 0.819. The van der Waals surface area contributed by atoms with Gasteiger partial charge in [-0.1, -0.05) is 18.2 Å². The molecule has 4 heteroatoms. The van der Waals surface area contributed by atoms with Crippen LogP contribution in [-0.4, -0.2) is 30.4 Å². The van der Waals surface area contributed by atoms with E-state index in [0.717, 1.165) is 18.7 Å². The lowest BCUT2D eigenvalue weighted by Crippen LogP contribution is -2.40. The van der Waals surface area contributed by atoms with Gasteiger partial charge in [-0.3, -0.25) is 9.69 Å². The summed E-state index contributed by atoms with van der Waals surface area (Å²) >= 11 is 1.86. The molecule has 1 saturated heterocycles. The lowest BCUT2D eigenvalue weighted by molar-refractivity contribution is -0.119. The Morgan fingerprint density at radius 1 is 1.26 bits per heavy atom. The van der Waals surface area contributed by atoms with E-state index in [1.807, 2.05) is 53.5 Å². The predicted molar refractivity (Wildman–Crippen MR) is 97.1 cm³/mol. The van der Waals surface area contributed by atoms with E-state index in [0.29, 0.717) is 19.1 Å². The summed E-state index contributed by atoms with van der Waals surface area (Å²) in [5.74, 6) is 0.193. The molecule has 0 N–H and O–H groups in total. The minimum absolute atomic E-state index is 0.193. The van der Waals surface area contributed by atoms with Gasteiger partial charge in [0.25, 0.3) is 0 Å². The fraction of sp³-hybridized carbons (Fsp3) is 0.421. The van der Waals surface area contributed by atoms with Crippen molar-refractivity contribution in [3.05, 3.63) is 52.2 Å². The molecule has 0 aliphatic carbocycles. The molecule has 0 radical (unpaired) electrons. The zero-order valence-corrected chi connectivity index (χ0v) is 14.7. The Morgan fingerprint density at radius 2 is 2.04 bits per heavy atom. The Morgan fingerprint density at radius 3 is 2.70 bits per heavy atom. The van der Waals surface area contributed by atoms with Crippen LogP contribution in [0.3, 0.4) is 0 Å². The second-order valence-corrected chi connectivity index (χ2v) is 7.37. The number of benzene rings is 1. The molecule has 23 heavy (non-hydrogen) atoms. The van der Waals surface area contributed by atoms with E-state index in [-0.39, 0.29) is 5.91 Å². The number of carbonyl (C=O) groups is 1. The molecular weight excluding hydrogens is 304 g/mol. The molecule has 1 aliphatic rings. The molecule has 2 heterocycles. The van der Waals surface area contributed by atoms with Gasteiger partial charge < -0.3 is 4.90 Å². The number of aryl methyl sites for hydroxylation is 1. The highest BCUT2D eigenvalue weighted by Crippen LogP contribution is 2.35. The van der Waals surface area contributed by atoms with Gasteiger partial charge in [0.15, 0.2) is 0 Å².